The molecule has 1 aliphatic carbocycles. The Bertz CT molecular complexity index is 425. The van der Waals surface area contributed by atoms with Gasteiger partial charge in [0.05, 0.1) is 15.7 Å². The number of halogens is 2. The Morgan fingerprint density at radius 1 is 1.21 bits per heavy atom. The molecule has 0 saturated heterocycles. The molecule has 0 amide bonds. The van der Waals surface area contributed by atoms with Crippen LogP contribution in [0.4, 0.5) is 5.69 Å². The lowest BCUT2D eigenvalue weighted by Gasteiger charge is -2.36. The summed E-state index contributed by atoms with van der Waals surface area (Å²) in [7, 11) is 2.19. The SMILES string of the molecule is CC1CCCCC1N(C)Cc1cc(Cl)c(N)c(Cl)c1. The molecule has 0 bridgehead atoms. The highest BCUT2D eigenvalue weighted by atomic mass is 35.5. The van der Waals surface area contributed by atoms with Gasteiger partial charge in [0.15, 0.2) is 0 Å². The Hall–Kier alpha value is -0.440. The highest BCUT2D eigenvalue weighted by Gasteiger charge is 2.24. The average Bonchev–Trinajstić information content (AvgIpc) is 2.36. The molecule has 0 radical (unpaired) electrons. The van der Waals surface area contributed by atoms with Gasteiger partial charge in [-0.3, -0.25) is 4.90 Å². The molecule has 2 rings (SSSR count). The van der Waals surface area contributed by atoms with Crippen molar-refractivity contribution in [2.24, 2.45) is 5.92 Å². The molecule has 1 aliphatic rings. The molecule has 2 unspecified atom stereocenters. The molecular weight excluding hydrogens is 279 g/mol. The Morgan fingerprint density at radius 3 is 2.37 bits per heavy atom. The lowest BCUT2D eigenvalue weighted by Crippen LogP contribution is -2.38. The van der Waals surface area contributed by atoms with Gasteiger partial charge in [0.1, 0.15) is 0 Å². The summed E-state index contributed by atoms with van der Waals surface area (Å²) in [6.45, 7) is 3.22. The number of benzene rings is 1. The van der Waals surface area contributed by atoms with E-state index >= 15 is 0 Å². The van der Waals surface area contributed by atoms with Crippen LogP contribution in [0.3, 0.4) is 0 Å². The maximum atomic E-state index is 6.09. The quantitative estimate of drug-likeness (QED) is 0.828. The fraction of sp³-hybridized carbons (Fsp3) is 0.600. The summed E-state index contributed by atoms with van der Waals surface area (Å²) in [5, 5.41) is 1.10. The van der Waals surface area contributed by atoms with Gasteiger partial charge in [-0.1, -0.05) is 43.0 Å². The van der Waals surface area contributed by atoms with Crippen LogP contribution in [0.2, 0.25) is 10.0 Å². The van der Waals surface area contributed by atoms with E-state index in [0.717, 1.165) is 18.0 Å². The Kier molecular flexibility index (Phi) is 4.99. The van der Waals surface area contributed by atoms with E-state index in [9.17, 15) is 0 Å². The van der Waals surface area contributed by atoms with E-state index in [1.54, 1.807) is 0 Å². The Balaban J connectivity index is 2.08. The predicted molar refractivity (Wildman–Crippen MR) is 83.8 cm³/mol. The molecule has 2 atom stereocenters. The van der Waals surface area contributed by atoms with Crippen LogP contribution in [-0.2, 0) is 6.54 Å². The van der Waals surface area contributed by atoms with Gasteiger partial charge in [0.2, 0.25) is 0 Å². The summed E-state index contributed by atoms with van der Waals surface area (Å²) >= 11 is 12.2. The minimum absolute atomic E-state index is 0.473. The van der Waals surface area contributed by atoms with Crippen molar-refractivity contribution in [1.82, 2.24) is 4.90 Å². The molecule has 4 heteroatoms. The van der Waals surface area contributed by atoms with E-state index in [-0.39, 0.29) is 0 Å². The van der Waals surface area contributed by atoms with Gasteiger partial charge in [-0.25, -0.2) is 0 Å². The summed E-state index contributed by atoms with van der Waals surface area (Å²) in [4.78, 5) is 2.42. The van der Waals surface area contributed by atoms with Crippen molar-refractivity contribution in [1.29, 1.82) is 0 Å². The number of anilines is 1. The fourth-order valence-electron chi connectivity index (χ4n) is 3.08. The van der Waals surface area contributed by atoms with E-state index in [1.165, 1.54) is 25.7 Å². The second-order valence-electron chi connectivity index (χ2n) is 5.72. The van der Waals surface area contributed by atoms with E-state index in [1.807, 2.05) is 12.1 Å². The highest BCUT2D eigenvalue weighted by molar-refractivity contribution is 6.38. The molecule has 0 heterocycles. The van der Waals surface area contributed by atoms with Gasteiger partial charge in [-0.05, 0) is 43.5 Å². The first-order valence-electron chi connectivity index (χ1n) is 6.92. The third kappa shape index (κ3) is 3.56. The number of rotatable bonds is 3. The number of nitrogens with two attached hydrogens (primary N) is 1. The van der Waals surface area contributed by atoms with Gasteiger partial charge in [-0.15, -0.1) is 0 Å². The van der Waals surface area contributed by atoms with Crippen molar-refractivity contribution in [3.63, 3.8) is 0 Å². The Morgan fingerprint density at radius 2 is 1.79 bits per heavy atom. The van der Waals surface area contributed by atoms with Crippen molar-refractivity contribution >= 4 is 28.9 Å². The van der Waals surface area contributed by atoms with Gasteiger partial charge in [-0.2, -0.15) is 0 Å². The van der Waals surface area contributed by atoms with Crippen molar-refractivity contribution in [3.8, 4) is 0 Å². The largest absolute Gasteiger partial charge is 0.396 e. The third-order valence-electron chi connectivity index (χ3n) is 4.20. The summed E-state index contributed by atoms with van der Waals surface area (Å²) < 4.78 is 0. The minimum atomic E-state index is 0.473. The van der Waals surface area contributed by atoms with Crippen molar-refractivity contribution in [2.75, 3.05) is 12.8 Å². The molecule has 1 fully saturated rings. The molecule has 0 spiro atoms. The van der Waals surface area contributed by atoms with Gasteiger partial charge >= 0.3 is 0 Å². The molecule has 0 aromatic heterocycles. The summed E-state index contributed by atoms with van der Waals surface area (Å²) in [5.41, 5.74) is 7.37. The Labute approximate surface area is 125 Å². The van der Waals surface area contributed by atoms with E-state index in [2.05, 4.69) is 18.9 Å². The van der Waals surface area contributed by atoms with Gasteiger partial charge in [0.25, 0.3) is 0 Å². The second-order valence-corrected chi connectivity index (χ2v) is 6.53. The van der Waals surface area contributed by atoms with Gasteiger partial charge in [0, 0.05) is 12.6 Å². The molecule has 1 aromatic carbocycles. The molecule has 2 N–H and O–H groups in total. The van der Waals surface area contributed by atoms with Crippen LogP contribution in [0, 0.1) is 5.92 Å². The fourth-order valence-corrected chi connectivity index (χ4v) is 3.62. The third-order valence-corrected chi connectivity index (χ3v) is 4.83. The monoisotopic (exact) mass is 300 g/mol. The van der Waals surface area contributed by atoms with Crippen LogP contribution in [0.15, 0.2) is 12.1 Å². The first-order chi connectivity index (χ1) is 8.99. The molecule has 106 valence electrons. The molecule has 1 saturated carbocycles. The normalized spacial score (nSPS) is 23.8. The van der Waals surface area contributed by atoms with E-state index in [0.29, 0.717) is 21.8 Å². The molecule has 19 heavy (non-hydrogen) atoms. The predicted octanol–water partition coefficient (Wildman–Crippen LogP) is 4.59. The number of nitrogen functional groups attached to an aromatic ring is 1. The topological polar surface area (TPSA) is 29.3 Å². The van der Waals surface area contributed by atoms with Crippen molar-refractivity contribution in [2.45, 2.75) is 45.2 Å². The van der Waals surface area contributed by atoms with Crippen LogP contribution in [0.25, 0.3) is 0 Å². The standard InChI is InChI=1S/C15H22Cl2N2/c1-10-5-3-4-6-14(10)19(2)9-11-7-12(16)15(18)13(17)8-11/h7-8,10,14H,3-6,9,18H2,1-2H3. The van der Waals surface area contributed by atoms with Crippen LogP contribution < -0.4 is 5.73 Å². The maximum absolute atomic E-state index is 6.09. The highest BCUT2D eigenvalue weighted by Crippen LogP contribution is 2.31. The van der Waals surface area contributed by atoms with Crippen LogP contribution in [-0.4, -0.2) is 18.0 Å². The average molecular weight is 301 g/mol. The smallest absolute Gasteiger partial charge is 0.0693 e. The molecule has 1 aromatic rings. The molecular formula is C15H22Cl2N2. The van der Waals surface area contributed by atoms with Crippen molar-refractivity contribution in [3.05, 3.63) is 27.7 Å². The summed E-state index contributed by atoms with van der Waals surface area (Å²) in [6.07, 6.45) is 5.32. The number of nitrogens with zero attached hydrogens (tertiary/aromatic N) is 1. The summed E-state index contributed by atoms with van der Waals surface area (Å²) in [6, 6.07) is 4.50. The second kappa shape index (κ2) is 6.34. The van der Waals surface area contributed by atoms with Crippen molar-refractivity contribution < 1.29 is 0 Å². The first kappa shape index (κ1) is 15.0. The summed E-state index contributed by atoms with van der Waals surface area (Å²) in [5.74, 6) is 0.762. The van der Waals surface area contributed by atoms with Gasteiger partial charge < -0.3 is 5.73 Å². The molecule has 0 aliphatic heterocycles. The zero-order chi connectivity index (χ0) is 14.0. The van der Waals surface area contributed by atoms with Crippen LogP contribution in [0.1, 0.15) is 38.2 Å². The van der Waals surface area contributed by atoms with E-state index in [4.69, 9.17) is 28.9 Å². The zero-order valence-corrected chi connectivity index (χ0v) is 13.1. The van der Waals surface area contributed by atoms with Crippen LogP contribution in [0.5, 0.6) is 0 Å². The number of hydrogen-bond donors (Lipinski definition) is 1. The minimum Gasteiger partial charge on any atom is -0.396 e. The first-order valence-corrected chi connectivity index (χ1v) is 7.68. The van der Waals surface area contributed by atoms with Crippen LogP contribution >= 0.6 is 23.2 Å². The number of hydrogen-bond acceptors (Lipinski definition) is 2. The molecule has 2 nitrogen and oxygen atoms in total. The zero-order valence-electron chi connectivity index (χ0n) is 11.6. The lowest BCUT2D eigenvalue weighted by atomic mass is 9.85. The lowest BCUT2D eigenvalue weighted by molar-refractivity contribution is 0.133. The van der Waals surface area contributed by atoms with E-state index < -0.39 is 0 Å². The maximum Gasteiger partial charge on any atom is 0.0693 e.